The van der Waals surface area contributed by atoms with Crippen LogP contribution in [0.1, 0.15) is 22.8 Å². The van der Waals surface area contributed by atoms with Crippen molar-refractivity contribution < 1.29 is 19.4 Å². The van der Waals surface area contributed by atoms with Gasteiger partial charge in [-0.25, -0.2) is 9.79 Å². The van der Waals surface area contributed by atoms with E-state index >= 15 is 0 Å². The number of hydrogen-bond acceptors (Lipinski definition) is 6. The number of likely N-dealkylation sites (N-methyl/N-ethyl adjacent to an activating group) is 1. The summed E-state index contributed by atoms with van der Waals surface area (Å²) in [5.74, 6) is -0.588. The molecule has 0 spiro atoms. The average molecular weight is 417 g/mol. The Hall–Kier alpha value is -2.77. The molecule has 28 heavy (non-hydrogen) atoms. The Kier molecular flexibility index (Phi) is 6.06. The van der Waals surface area contributed by atoms with Crippen LogP contribution in [0.5, 0.6) is 5.75 Å². The number of aromatic hydroxyl groups is 1. The maximum Gasteiger partial charge on any atom is 0.338 e. The lowest BCUT2D eigenvalue weighted by Gasteiger charge is -2.07. The van der Waals surface area contributed by atoms with Crippen LogP contribution < -0.4 is 0 Å². The van der Waals surface area contributed by atoms with E-state index in [1.807, 2.05) is 0 Å². The molecule has 144 valence electrons. The summed E-state index contributed by atoms with van der Waals surface area (Å²) in [5, 5.41) is 10.9. The highest BCUT2D eigenvalue weighted by molar-refractivity contribution is 8.18. The summed E-state index contributed by atoms with van der Waals surface area (Å²) in [4.78, 5) is 30.5. The number of amides is 1. The summed E-state index contributed by atoms with van der Waals surface area (Å²) in [6.07, 6.45) is 1.58. The number of carbonyl (C=O) groups is 2. The van der Waals surface area contributed by atoms with Gasteiger partial charge in [-0.15, -0.1) is 0 Å². The first-order valence-electron chi connectivity index (χ1n) is 8.41. The van der Waals surface area contributed by atoms with Crippen LogP contribution >= 0.6 is 23.4 Å². The van der Waals surface area contributed by atoms with Gasteiger partial charge in [-0.1, -0.05) is 11.6 Å². The van der Waals surface area contributed by atoms with Gasteiger partial charge in [-0.05, 0) is 67.2 Å². The van der Waals surface area contributed by atoms with Crippen molar-refractivity contribution in [2.24, 2.45) is 4.99 Å². The van der Waals surface area contributed by atoms with E-state index in [1.165, 1.54) is 22.7 Å². The summed E-state index contributed by atoms with van der Waals surface area (Å²) in [6.45, 7) is 2.06. The van der Waals surface area contributed by atoms with Crippen molar-refractivity contribution in [2.75, 3.05) is 13.7 Å². The van der Waals surface area contributed by atoms with E-state index < -0.39 is 5.97 Å². The van der Waals surface area contributed by atoms with Gasteiger partial charge in [0.1, 0.15) is 5.75 Å². The second-order valence-corrected chi connectivity index (χ2v) is 7.29. The Morgan fingerprint density at radius 2 is 2.00 bits per heavy atom. The molecular weight excluding hydrogens is 400 g/mol. The lowest BCUT2D eigenvalue weighted by molar-refractivity contribution is -0.121. The van der Waals surface area contributed by atoms with Crippen molar-refractivity contribution in [3.8, 4) is 5.75 Å². The Bertz CT molecular complexity index is 986. The highest BCUT2D eigenvalue weighted by Gasteiger charge is 2.30. The number of hydrogen-bond donors (Lipinski definition) is 1. The van der Waals surface area contributed by atoms with Gasteiger partial charge in [-0.2, -0.15) is 0 Å². The Morgan fingerprint density at radius 3 is 2.68 bits per heavy atom. The average Bonchev–Trinajstić information content (AvgIpc) is 2.93. The Labute approximate surface area is 171 Å². The van der Waals surface area contributed by atoms with Crippen LogP contribution in [0.2, 0.25) is 5.02 Å². The summed E-state index contributed by atoms with van der Waals surface area (Å²) in [5.41, 5.74) is 1.49. The zero-order valence-corrected chi connectivity index (χ0v) is 16.8. The number of esters is 1. The predicted octanol–water partition coefficient (Wildman–Crippen LogP) is 4.46. The first-order valence-corrected chi connectivity index (χ1v) is 9.60. The summed E-state index contributed by atoms with van der Waals surface area (Å²) >= 11 is 7.15. The minimum Gasteiger partial charge on any atom is -0.507 e. The molecule has 0 atom stereocenters. The van der Waals surface area contributed by atoms with Crippen LogP contribution in [0.15, 0.2) is 52.4 Å². The number of halogens is 1. The topological polar surface area (TPSA) is 79.2 Å². The summed E-state index contributed by atoms with van der Waals surface area (Å²) < 4.78 is 4.95. The summed E-state index contributed by atoms with van der Waals surface area (Å²) in [7, 11) is 1.62. The van der Waals surface area contributed by atoms with Gasteiger partial charge in [0.25, 0.3) is 5.91 Å². The zero-order chi connectivity index (χ0) is 20.3. The molecule has 1 N–H and O–H groups in total. The van der Waals surface area contributed by atoms with Gasteiger partial charge >= 0.3 is 5.97 Å². The van der Waals surface area contributed by atoms with Crippen molar-refractivity contribution in [3.05, 3.63) is 63.5 Å². The molecule has 0 unspecified atom stereocenters. The number of thioether (sulfide) groups is 1. The first-order chi connectivity index (χ1) is 13.4. The normalized spacial score (nSPS) is 16.8. The maximum absolute atomic E-state index is 12.5. The van der Waals surface area contributed by atoms with Crippen LogP contribution in [-0.4, -0.2) is 40.7 Å². The van der Waals surface area contributed by atoms with Crippen molar-refractivity contribution in [3.63, 3.8) is 0 Å². The molecule has 6 nitrogen and oxygen atoms in total. The third-order valence-electron chi connectivity index (χ3n) is 3.88. The highest BCUT2D eigenvalue weighted by atomic mass is 35.5. The molecule has 1 aliphatic heterocycles. The largest absolute Gasteiger partial charge is 0.507 e. The summed E-state index contributed by atoms with van der Waals surface area (Å²) in [6, 6.07) is 11.2. The number of carbonyl (C=O) groups excluding carboxylic acids is 2. The van der Waals surface area contributed by atoms with Gasteiger partial charge in [0.2, 0.25) is 0 Å². The van der Waals surface area contributed by atoms with Gasteiger partial charge < -0.3 is 9.84 Å². The van der Waals surface area contributed by atoms with Crippen LogP contribution in [0, 0.1) is 0 Å². The molecule has 2 aromatic rings. The number of rotatable bonds is 4. The monoisotopic (exact) mass is 416 g/mol. The number of aliphatic imine (C=N–C) groups is 1. The molecule has 1 fully saturated rings. The molecule has 1 heterocycles. The second kappa shape index (κ2) is 8.50. The predicted molar refractivity (Wildman–Crippen MR) is 111 cm³/mol. The van der Waals surface area contributed by atoms with E-state index in [4.69, 9.17) is 16.3 Å². The molecular formula is C20H17ClN2O4S. The fraction of sp³-hybridized carbons (Fsp3) is 0.150. The van der Waals surface area contributed by atoms with E-state index in [2.05, 4.69) is 4.99 Å². The van der Waals surface area contributed by atoms with Crippen LogP contribution in [0.25, 0.3) is 6.08 Å². The smallest absolute Gasteiger partial charge is 0.338 e. The molecule has 8 heteroatoms. The lowest BCUT2D eigenvalue weighted by Crippen LogP contribution is -2.23. The number of ether oxygens (including phenoxy) is 1. The van der Waals surface area contributed by atoms with Crippen molar-refractivity contribution >= 4 is 52.2 Å². The van der Waals surface area contributed by atoms with E-state index in [-0.39, 0.29) is 11.7 Å². The molecule has 1 saturated heterocycles. The SMILES string of the molecule is CCOC(=O)c1ccc(N=C2S/C(=C/c3cc(Cl)ccc3O)C(=O)N2C)cc1. The first kappa shape index (κ1) is 20.0. The highest BCUT2D eigenvalue weighted by Crippen LogP contribution is 2.35. The fourth-order valence-corrected chi connectivity index (χ4v) is 3.59. The minimum absolute atomic E-state index is 0.0351. The zero-order valence-electron chi connectivity index (χ0n) is 15.2. The maximum atomic E-state index is 12.5. The van der Waals surface area contributed by atoms with Crippen LogP contribution in [0.4, 0.5) is 5.69 Å². The quantitative estimate of drug-likeness (QED) is 0.588. The molecule has 1 aliphatic rings. The number of benzene rings is 2. The van der Waals surface area contributed by atoms with Gasteiger partial charge in [-0.3, -0.25) is 9.69 Å². The second-order valence-electron chi connectivity index (χ2n) is 5.84. The molecule has 0 bridgehead atoms. The van der Waals surface area contributed by atoms with Crippen molar-refractivity contribution in [1.82, 2.24) is 4.90 Å². The standard InChI is InChI=1S/C20H17ClN2O4S/c1-3-27-19(26)12-4-7-15(8-5-12)22-20-23(2)18(25)17(28-20)11-13-10-14(21)6-9-16(13)24/h4-11,24H,3H2,1-2H3/b17-11+,22-20?. The molecule has 2 aromatic carbocycles. The molecule has 0 radical (unpaired) electrons. The number of amidine groups is 1. The van der Waals surface area contributed by atoms with Crippen LogP contribution in [0.3, 0.4) is 0 Å². The van der Waals surface area contributed by atoms with Crippen molar-refractivity contribution in [2.45, 2.75) is 6.92 Å². The van der Waals surface area contributed by atoms with E-state index in [0.717, 1.165) is 0 Å². The Morgan fingerprint density at radius 1 is 1.29 bits per heavy atom. The molecule has 1 amide bonds. The number of phenols is 1. The van der Waals surface area contributed by atoms with Gasteiger partial charge in [0.15, 0.2) is 5.17 Å². The van der Waals surface area contributed by atoms with E-state index in [0.29, 0.717) is 38.5 Å². The lowest BCUT2D eigenvalue weighted by atomic mass is 10.2. The number of phenolic OH excluding ortho intramolecular Hbond substituents is 1. The van der Waals surface area contributed by atoms with Gasteiger partial charge in [0, 0.05) is 17.6 Å². The molecule has 0 aliphatic carbocycles. The van der Waals surface area contributed by atoms with Gasteiger partial charge in [0.05, 0.1) is 22.8 Å². The van der Waals surface area contributed by atoms with Crippen molar-refractivity contribution in [1.29, 1.82) is 0 Å². The molecule has 3 rings (SSSR count). The van der Waals surface area contributed by atoms with E-state index in [9.17, 15) is 14.7 Å². The minimum atomic E-state index is -0.393. The van der Waals surface area contributed by atoms with E-state index in [1.54, 1.807) is 56.4 Å². The molecule has 0 aromatic heterocycles. The Balaban J connectivity index is 1.84. The molecule has 0 saturated carbocycles. The fourth-order valence-electron chi connectivity index (χ4n) is 2.43. The number of nitrogens with zero attached hydrogens (tertiary/aromatic N) is 2. The third-order valence-corrected chi connectivity index (χ3v) is 5.18. The van der Waals surface area contributed by atoms with Crippen LogP contribution in [-0.2, 0) is 9.53 Å². The third kappa shape index (κ3) is 4.37.